The lowest BCUT2D eigenvalue weighted by Crippen LogP contribution is -2.53. The molecule has 14 heavy (non-hydrogen) atoms. The van der Waals surface area contributed by atoms with Crippen LogP contribution in [-0.2, 0) is 10.0 Å². The van der Waals surface area contributed by atoms with Crippen LogP contribution in [0.4, 0.5) is 0 Å². The second-order valence-electron chi connectivity index (χ2n) is 5.06. The second kappa shape index (κ2) is 4.10. The average molecular weight is 286 g/mol. The molecule has 0 heterocycles. The Kier molecular flexibility index (Phi) is 4.21. The van der Waals surface area contributed by atoms with Gasteiger partial charge in [0.25, 0.3) is 0 Å². The first-order valence-electron chi connectivity index (χ1n) is 4.58. The number of hydrogen-bond acceptors (Lipinski definition) is 2. The van der Waals surface area contributed by atoms with E-state index in [1.807, 2.05) is 20.8 Å². The van der Waals surface area contributed by atoms with Crippen LogP contribution < -0.4 is 4.72 Å². The maximum absolute atomic E-state index is 11.8. The molecule has 0 spiro atoms. The van der Waals surface area contributed by atoms with E-state index in [1.165, 1.54) is 0 Å². The van der Waals surface area contributed by atoms with Crippen LogP contribution in [0.1, 0.15) is 41.5 Å². The molecule has 86 valence electrons. The molecule has 3 nitrogen and oxygen atoms in total. The minimum absolute atomic E-state index is 0.0760. The van der Waals surface area contributed by atoms with Gasteiger partial charge >= 0.3 is 0 Å². The van der Waals surface area contributed by atoms with Gasteiger partial charge in [0.2, 0.25) is 10.0 Å². The lowest BCUT2D eigenvalue weighted by atomic mass is 10.0. The zero-order valence-electron chi connectivity index (χ0n) is 9.68. The summed E-state index contributed by atoms with van der Waals surface area (Å²) >= 11 is 3.39. The topological polar surface area (TPSA) is 46.2 Å². The number of nitrogens with one attached hydrogen (secondary N) is 1. The molecule has 0 aliphatic rings. The molecule has 0 fully saturated rings. The summed E-state index contributed by atoms with van der Waals surface area (Å²) in [6.07, 6.45) is 0. The van der Waals surface area contributed by atoms with E-state index in [1.54, 1.807) is 20.8 Å². The minimum Gasteiger partial charge on any atom is -0.212 e. The van der Waals surface area contributed by atoms with Crippen LogP contribution in [0.2, 0.25) is 0 Å². The summed E-state index contributed by atoms with van der Waals surface area (Å²) in [5.74, 6) is 0. The van der Waals surface area contributed by atoms with Crippen LogP contribution in [-0.4, -0.2) is 23.5 Å². The van der Waals surface area contributed by atoms with Gasteiger partial charge in [-0.05, 0) is 34.6 Å². The Morgan fingerprint density at radius 3 is 1.71 bits per heavy atom. The molecular formula is C9H20BrNO2S. The molecule has 0 aliphatic heterocycles. The predicted octanol–water partition coefficient (Wildman–Crippen LogP) is 2.27. The molecule has 0 saturated heterocycles. The zero-order chi connectivity index (χ0) is 11.8. The highest BCUT2D eigenvalue weighted by atomic mass is 79.9. The highest BCUT2D eigenvalue weighted by Gasteiger charge is 2.36. The van der Waals surface area contributed by atoms with E-state index in [2.05, 4.69) is 20.7 Å². The van der Waals surface area contributed by atoms with E-state index in [0.717, 1.165) is 0 Å². The SMILES string of the molecule is CC(Br)C(C)(C)NS(=O)(=O)C(C)(C)C. The molecule has 0 saturated carbocycles. The van der Waals surface area contributed by atoms with Crippen molar-refractivity contribution in [1.29, 1.82) is 0 Å². The summed E-state index contributed by atoms with van der Waals surface area (Å²) in [5, 5.41) is 0. The molecule has 0 aromatic heterocycles. The maximum Gasteiger partial charge on any atom is 0.217 e. The molecule has 5 heteroatoms. The molecule has 1 atom stereocenters. The number of sulfonamides is 1. The third kappa shape index (κ3) is 3.51. The van der Waals surface area contributed by atoms with E-state index in [0.29, 0.717) is 0 Å². The Labute approximate surface area is 95.8 Å². The summed E-state index contributed by atoms with van der Waals surface area (Å²) in [6.45, 7) is 10.7. The third-order valence-electron chi connectivity index (χ3n) is 2.20. The van der Waals surface area contributed by atoms with Gasteiger partial charge in [0, 0.05) is 10.4 Å². The van der Waals surface area contributed by atoms with Crippen molar-refractivity contribution in [3.63, 3.8) is 0 Å². The van der Waals surface area contributed by atoms with Crippen LogP contribution in [0.25, 0.3) is 0 Å². The van der Waals surface area contributed by atoms with Gasteiger partial charge in [-0.15, -0.1) is 0 Å². The number of hydrogen-bond donors (Lipinski definition) is 1. The molecular weight excluding hydrogens is 266 g/mol. The fourth-order valence-corrected chi connectivity index (χ4v) is 2.02. The fraction of sp³-hybridized carbons (Fsp3) is 1.00. The molecule has 0 radical (unpaired) electrons. The summed E-state index contributed by atoms with van der Waals surface area (Å²) in [5.41, 5.74) is -0.480. The zero-order valence-corrected chi connectivity index (χ0v) is 12.1. The summed E-state index contributed by atoms with van der Waals surface area (Å²) < 4.78 is 25.6. The third-order valence-corrected chi connectivity index (χ3v) is 5.75. The Hall–Kier alpha value is 0.390. The van der Waals surface area contributed by atoms with Crippen molar-refractivity contribution in [3.8, 4) is 0 Å². The van der Waals surface area contributed by atoms with Gasteiger partial charge in [-0.2, -0.15) is 0 Å². The number of halogens is 1. The highest BCUT2D eigenvalue weighted by molar-refractivity contribution is 9.09. The van der Waals surface area contributed by atoms with E-state index < -0.39 is 20.3 Å². The molecule has 1 N–H and O–H groups in total. The van der Waals surface area contributed by atoms with Gasteiger partial charge in [-0.1, -0.05) is 22.9 Å². The van der Waals surface area contributed by atoms with Crippen molar-refractivity contribution >= 4 is 26.0 Å². The van der Waals surface area contributed by atoms with Crippen molar-refractivity contribution in [2.24, 2.45) is 0 Å². The summed E-state index contributed by atoms with van der Waals surface area (Å²) in [4.78, 5) is 0.0760. The van der Waals surface area contributed by atoms with E-state index >= 15 is 0 Å². The van der Waals surface area contributed by atoms with Gasteiger partial charge in [0.05, 0.1) is 4.75 Å². The van der Waals surface area contributed by atoms with E-state index in [4.69, 9.17) is 0 Å². The van der Waals surface area contributed by atoms with Crippen molar-refractivity contribution in [3.05, 3.63) is 0 Å². The molecule has 0 aliphatic carbocycles. The molecule has 0 aromatic rings. The minimum atomic E-state index is -3.28. The van der Waals surface area contributed by atoms with Gasteiger partial charge in [-0.3, -0.25) is 0 Å². The molecule has 0 amide bonds. The Morgan fingerprint density at radius 1 is 1.14 bits per heavy atom. The van der Waals surface area contributed by atoms with Crippen LogP contribution in [0, 0.1) is 0 Å². The van der Waals surface area contributed by atoms with Gasteiger partial charge in [-0.25, -0.2) is 13.1 Å². The van der Waals surface area contributed by atoms with E-state index in [-0.39, 0.29) is 4.83 Å². The Bertz CT molecular complexity index is 288. The lowest BCUT2D eigenvalue weighted by molar-refractivity contribution is 0.442. The molecule has 1 unspecified atom stereocenters. The molecule has 0 bridgehead atoms. The summed E-state index contributed by atoms with van der Waals surface area (Å²) in [6, 6.07) is 0. The van der Waals surface area contributed by atoms with Crippen LogP contribution >= 0.6 is 15.9 Å². The van der Waals surface area contributed by atoms with Crippen LogP contribution in [0.15, 0.2) is 0 Å². The van der Waals surface area contributed by atoms with Gasteiger partial charge in [0.1, 0.15) is 0 Å². The maximum atomic E-state index is 11.8. The first-order chi connectivity index (χ1) is 5.90. The van der Waals surface area contributed by atoms with Crippen molar-refractivity contribution in [2.45, 2.75) is 56.7 Å². The van der Waals surface area contributed by atoms with Crippen LogP contribution in [0.5, 0.6) is 0 Å². The first-order valence-corrected chi connectivity index (χ1v) is 6.97. The largest absolute Gasteiger partial charge is 0.217 e. The van der Waals surface area contributed by atoms with E-state index in [9.17, 15) is 8.42 Å². The van der Waals surface area contributed by atoms with Crippen molar-refractivity contribution in [1.82, 2.24) is 4.72 Å². The fourth-order valence-electron chi connectivity index (χ4n) is 0.581. The van der Waals surface area contributed by atoms with Crippen molar-refractivity contribution < 1.29 is 8.42 Å². The normalized spacial score (nSPS) is 16.8. The molecule has 0 rings (SSSR count). The van der Waals surface area contributed by atoms with Crippen LogP contribution in [0.3, 0.4) is 0 Å². The summed E-state index contributed by atoms with van der Waals surface area (Å²) in [7, 11) is -3.28. The Balaban J connectivity index is 4.88. The average Bonchev–Trinajstić information content (AvgIpc) is 1.80. The number of rotatable bonds is 3. The first kappa shape index (κ1) is 14.4. The smallest absolute Gasteiger partial charge is 0.212 e. The van der Waals surface area contributed by atoms with Crippen molar-refractivity contribution in [2.75, 3.05) is 0 Å². The van der Waals surface area contributed by atoms with Gasteiger partial charge < -0.3 is 0 Å². The monoisotopic (exact) mass is 285 g/mol. The predicted molar refractivity (Wildman–Crippen MR) is 64.3 cm³/mol. The standard InChI is InChI=1S/C9H20BrNO2S/c1-7(10)9(5,6)11-14(12,13)8(2,3)4/h7,11H,1-6H3. The van der Waals surface area contributed by atoms with Gasteiger partial charge in [0.15, 0.2) is 0 Å². The lowest BCUT2D eigenvalue weighted by Gasteiger charge is -2.32. The second-order valence-corrected chi connectivity index (χ2v) is 8.86. The molecule has 0 aromatic carbocycles. The number of alkyl halides is 1. The quantitative estimate of drug-likeness (QED) is 0.809. The Morgan fingerprint density at radius 2 is 1.50 bits per heavy atom. The highest BCUT2D eigenvalue weighted by Crippen LogP contribution is 2.22.